The van der Waals surface area contributed by atoms with Gasteiger partial charge < -0.3 is 15.0 Å². The van der Waals surface area contributed by atoms with Crippen LogP contribution < -0.4 is 0 Å². The smallest absolute Gasteiger partial charge is 0.337 e. The van der Waals surface area contributed by atoms with Crippen LogP contribution in [0, 0.1) is 5.41 Å². The number of ether oxygens (including phenoxy) is 1. The molecular formula is C18H21N3O4. The molecule has 25 heavy (non-hydrogen) atoms. The summed E-state index contributed by atoms with van der Waals surface area (Å²) in [5, 5.41) is 7.41. The Morgan fingerprint density at radius 2 is 2.00 bits per heavy atom. The largest absolute Gasteiger partial charge is 0.465 e. The van der Waals surface area contributed by atoms with Gasteiger partial charge in [-0.3, -0.25) is 4.79 Å². The van der Waals surface area contributed by atoms with Gasteiger partial charge in [-0.15, -0.1) is 0 Å². The van der Waals surface area contributed by atoms with Crippen molar-refractivity contribution in [2.75, 3.05) is 7.11 Å². The predicted octanol–water partition coefficient (Wildman–Crippen LogP) is 2.57. The van der Waals surface area contributed by atoms with Gasteiger partial charge >= 0.3 is 12.0 Å². The topological polar surface area (TPSA) is 90.8 Å². The van der Waals surface area contributed by atoms with Crippen LogP contribution >= 0.6 is 0 Å². The normalized spacial score (nSPS) is 17.0. The fraction of sp³-hybridized carbons (Fsp3) is 0.333. The molecule has 7 nitrogen and oxygen atoms in total. The molecule has 3 amide bonds. The van der Waals surface area contributed by atoms with Crippen molar-refractivity contribution >= 4 is 24.1 Å². The van der Waals surface area contributed by atoms with Crippen LogP contribution in [0.3, 0.4) is 0 Å². The zero-order chi connectivity index (χ0) is 18.8. The van der Waals surface area contributed by atoms with E-state index in [9.17, 15) is 14.4 Å². The molecule has 0 saturated carbocycles. The van der Waals surface area contributed by atoms with E-state index in [0.717, 1.165) is 11.1 Å². The first kappa shape index (κ1) is 18.4. The van der Waals surface area contributed by atoms with Gasteiger partial charge in [0.2, 0.25) is 0 Å². The molecule has 7 heteroatoms. The van der Waals surface area contributed by atoms with E-state index < -0.39 is 23.4 Å². The monoisotopic (exact) mass is 343 g/mol. The molecule has 0 radical (unpaired) electrons. The SMILES string of the molecule is C/C=C(\C=N)N1C(=O)N(Cc2cccc(C(=O)OC)c2)C(C)(C)C1=O. The van der Waals surface area contributed by atoms with E-state index in [1.807, 2.05) is 0 Å². The third-order valence-corrected chi connectivity index (χ3v) is 4.21. The zero-order valence-electron chi connectivity index (χ0n) is 14.7. The Kier molecular flexibility index (Phi) is 5.06. The van der Waals surface area contributed by atoms with Gasteiger partial charge in [0.25, 0.3) is 5.91 Å². The maximum Gasteiger partial charge on any atom is 0.337 e. The maximum absolute atomic E-state index is 12.8. The molecule has 0 unspecified atom stereocenters. The maximum atomic E-state index is 12.8. The van der Waals surface area contributed by atoms with Crippen LogP contribution in [-0.2, 0) is 16.1 Å². The molecule has 1 N–H and O–H groups in total. The number of benzene rings is 1. The van der Waals surface area contributed by atoms with E-state index in [2.05, 4.69) is 0 Å². The Morgan fingerprint density at radius 3 is 2.56 bits per heavy atom. The number of rotatable bonds is 5. The summed E-state index contributed by atoms with van der Waals surface area (Å²) in [7, 11) is 1.30. The lowest BCUT2D eigenvalue weighted by molar-refractivity contribution is -0.130. The highest BCUT2D eigenvalue weighted by molar-refractivity contribution is 6.10. The Balaban J connectivity index is 2.36. The number of carbonyl (C=O) groups is 3. The number of imide groups is 1. The summed E-state index contributed by atoms with van der Waals surface area (Å²) in [5.74, 6) is -0.857. The predicted molar refractivity (Wildman–Crippen MR) is 92.2 cm³/mol. The molecule has 1 aromatic carbocycles. The van der Waals surface area contributed by atoms with Crippen LogP contribution in [0.15, 0.2) is 36.0 Å². The molecule has 0 bridgehead atoms. The van der Waals surface area contributed by atoms with E-state index in [1.165, 1.54) is 12.0 Å². The first-order chi connectivity index (χ1) is 11.8. The van der Waals surface area contributed by atoms with Crippen LogP contribution in [0.2, 0.25) is 0 Å². The lowest BCUT2D eigenvalue weighted by Crippen LogP contribution is -2.43. The van der Waals surface area contributed by atoms with Crippen molar-refractivity contribution in [3.8, 4) is 0 Å². The van der Waals surface area contributed by atoms with Gasteiger partial charge in [-0.25, -0.2) is 14.5 Å². The van der Waals surface area contributed by atoms with Gasteiger partial charge in [0.05, 0.1) is 18.4 Å². The Bertz CT molecular complexity index is 767. The summed E-state index contributed by atoms with van der Waals surface area (Å²) in [5.41, 5.74) is 0.251. The lowest BCUT2D eigenvalue weighted by atomic mass is 10.0. The average Bonchev–Trinajstić information content (AvgIpc) is 2.77. The molecule has 1 fully saturated rings. The highest BCUT2D eigenvalue weighted by Gasteiger charge is 2.51. The van der Waals surface area contributed by atoms with Crippen molar-refractivity contribution in [3.05, 3.63) is 47.2 Å². The van der Waals surface area contributed by atoms with Crippen LogP contribution in [0.5, 0.6) is 0 Å². The van der Waals surface area contributed by atoms with Crippen molar-refractivity contribution in [2.45, 2.75) is 32.9 Å². The van der Waals surface area contributed by atoms with Crippen LogP contribution in [0.1, 0.15) is 36.7 Å². The first-order valence-corrected chi connectivity index (χ1v) is 7.78. The van der Waals surface area contributed by atoms with E-state index in [1.54, 1.807) is 51.1 Å². The van der Waals surface area contributed by atoms with E-state index >= 15 is 0 Å². The number of hydrogen-bond donors (Lipinski definition) is 1. The van der Waals surface area contributed by atoms with Gasteiger partial charge in [-0.2, -0.15) is 0 Å². The number of carbonyl (C=O) groups excluding carboxylic acids is 3. The van der Waals surface area contributed by atoms with Crippen molar-refractivity contribution in [2.24, 2.45) is 0 Å². The number of hydrogen-bond acceptors (Lipinski definition) is 5. The van der Waals surface area contributed by atoms with Crippen molar-refractivity contribution < 1.29 is 19.1 Å². The second-order valence-electron chi connectivity index (χ2n) is 6.12. The Morgan fingerprint density at radius 1 is 1.32 bits per heavy atom. The fourth-order valence-corrected chi connectivity index (χ4v) is 2.70. The van der Waals surface area contributed by atoms with E-state index in [4.69, 9.17) is 10.1 Å². The first-order valence-electron chi connectivity index (χ1n) is 7.78. The lowest BCUT2D eigenvalue weighted by Gasteiger charge is -2.27. The molecule has 0 atom stereocenters. The fourth-order valence-electron chi connectivity index (χ4n) is 2.70. The molecular weight excluding hydrogens is 322 g/mol. The highest BCUT2D eigenvalue weighted by atomic mass is 16.5. The summed E-state index contributed by atoms with van der Waals surface area (Å²) >= 11 is 0. The number of nitrogens with zero attached hydrogens (tertiary/aromatic N) is 2. The molecule has 1 aromatic rings. The number of nitrogens with one attached hydrogen (secondary N) is 1. The van der Waals surface area contributed by atoms with Gasteiger partial charge in [-0.1, -0.05) is 18.2 Å². The van der Waals surface area contributed by atoms with Gasteiger partial charge in [0.15, 0.2) is 0 Å². The minimum atomic E-state index is -1.06. The summed E-state index contributed by atoms with van der Waals surface area (Å²) in [6.07, 6.45) is 2.52. The molecule has 132 valence electrons. The summed E-state index contributed by atoms with van der Waals surface area (Å²) in [4.78, 5) is 39.5. The molecule has 0 spiro atoms. The molecule has 2 rings (SSSR count). The van der Waals surface area contributed by atoms with Crippen LogP contribution in [0.4, 0.5) is 4.79 Å². The molecule has 1 saturated heterocycles. The van der Waals surface area contributed by atoms with Crippen LogP contribution in [0.25, 0.3) is 0 Å². The minimum absolute atomic E-state index is 0.161. The van der Waals surface area contributed by atoms with Gasteiger partial charge in [0, 0.05) is 12.8 Å². The molecule has 1 aliphatic heterocycles. The third-order valence-electron chi connectivity index (χ3n) is 4.21. The molecule has 1 heterocycles. The molecule has 0 aliphatic carbocycles. The van der Waals surface area contributed by atoms with E-state index in [0.29, 0.717) is 11.1 Å². The molecule has 1 aliphatic rings. The van der Waals surface area contributed by atoms with E-state index in [-0.39, 0.29) is 12.2 Å². The van der Waals surface area contributed by atoms with Gasteiger partial charge in [-0.05, 0) is 38.5 Å². The highest BCUT2D eigenvalue weighted by Crippen LogP contribution is 2.31. The number of allylic oxidation sites excluding steroid dienone is 2. The summed E-state index contributed by atoms with van der Waals surface area (Å²) < 4.78 is 4.70. The van der Waals surface area contributed by atoms with Crippen molar-refractivity contribution in [1.29, 1.82) is 5.41 Å². The summed E-state index contributed by atoms with van der Waals surface area (Å²) in [6.45, 7) is 5.15. The van der Waals surface area contributed by atoms with Gasteiger partial charge in [0.1, 0.15) is 5.54 Å². The number of amides is 3. The number of urea groups is 1. The number of methoxy groups -OCH3 is 1. The quantitative estimate of drug-likeness (QED) is 0.505. The Labute approximate surface area is 146 Å². The number of esters is 1. The second kappa shape index (κ2) is 6.88. The standard InChI is InChI=1S/C18H21N3O4/c1-5-14(10-19)21-16(23)18(2,3)20(17(21)24)11-12-7-6-8-13(9-12)15(22)25-4/h5-10,19H,11H2,1-4H3/b14-5+,19-10?. The van der Waals surface area contributed by atoms with Crippen molar-refractivity contribution in [3.63, 3.8) is 0 Å². The van der Waals surface area contributed by atoms with Crippen molar-refractivity contribution in [1.82, 2.24) is 9.80 Å². The third kappa shape index (κ3) is 3.17. The second-order valence-corrected chi connectivity index (χ2v) is 6.12. The van der Waals surface area contributed by atoms with Crippen LogP contribution in [-0.4, -0.2) is 46.6 Å². The average molecular weight is 343 g/mol. The summed E-state index contributed by atoms with van der Waals surface area (Å²) in [6, 6.07) is 6.24. The molecule has 0 aromatic heterocycles. The zero-order valence-corrected chi connectivity index (χ0v) is 14.7. The Hall–Kier alpha value is -2.96. The minimum Gasteiger partial charge on any atom is -0.465 e.